The van der Waals surface area contributed by atoms with Gasteiger partial charge in [0.2, 0.25) is 0 Å². The monoisotopic (exact) mass is 304 g/mol. The highest BCUT2D eigenvalue weighted by molar-refractivity contribution is 6.29. The number of ketones is 2. The summed E-state index contributed by atoms with van der Waals surface area (Å²) >= 11 is 7.00. The molecule has 0 N–H and O–H groups in total. The molecular formula is C18H21ClO2. The molecule has 0 bridgehead atoms. The second-order valence-corrected chi connectivity index (χ2v) is 8.13. The van der Waals surface area contributed by atoms with E-state index in [4.69, 9.17) is 11.6 Å². The Morgan fingerprint density at radius 2 is 1.95 bits per heavy atom. The summed E-state index contributed by atoms with van der Waals surface area (Å²) in [5, 5.41) is 0. The first-order valence-corrected chi connectivity index (χ1v) is 8.49. The second-order valence-electron chi connectivity index (χ2n) is 7.51. The lowest BCUT2D eigenvalue weighted by molar-refractivity contribution is -0.130. The maximum Gasteiger partial charge on any atom is 0.178 e. The first-order valence-electron chi connectivity index (χ1n) is 8.11. The average Bonchev–Trinajstić information content (AvgIpc) is 2.76. The molecule has 4 rings (SSSR count). The van der Waals surface area contributed by atoms with E-state index in [-0.39, 0.29) is 11.2 Å². The van der Waals surface area contributed by atoms with Crippen molar-refractivity contribution in [3.05, 3.63) is 23.8 Å². The zero-order valence-electron chi connectivity index (χ0n) is 12.4. The number of allylic oxidation sites excluding steroid dienone is 4. The molecule has 0 aromatic carbocycles. The summed E-state index contributed by atoms with van der Waals surface area (Å²) in [6.45, 7) is 2.18. The van der Waals surface area contributed by atoms with Gasteiger partial charge in [-0.25, -0.2) is 0 Å². The lowest BCUT2D eigenvalue weighted by Crippen LogP contribution is -2.51. The smallest absolute Gasteiger partial charge is 0.178 e. The van der Waals surface area contributed by atoms with Crippen LogP contribution in [0.2, 0.25) is 0 Å². The normalized spacial score (nSPS) is 48.5. The molecule has 112 valence electrons. The molecule has 4 aliphatic carbocycles. The Morgan fingerprint density at radius 1 is 1.14 bits per heavy atom. The summed E-state index contributed by atoms with van der Waals surface area (Å²) in [4.78, 5) is 23.5. The van der Waals surface area contributed by atoms with E-state index in [0.29, 0.717) is 23.5 Å². The number of alkyl halides is 1. The molecule has 0 spiro atoms. The summed E-state index contributed by atoms with van der Waals surface area (Å²) < 4.78 is 0. The second kappa shape index (κ2) is 4.32. The molecule has 5 atom stereocenters. The number of carbonyl (C=O) groups is 2. The van der Waals surface area contributed by atoms with Gasteiger partial charge in [0.15, 0.2) is 5.78 Å². The Morgan fingerprint density at radius 3 is 2.76 bits per heavy atom. The van der Waals surface area contributed by atoms with Crippen LogP contribution in [-0.4, -0.2) is 16.4 Å². The minimum atomic E-state index is -0.468. The molecule has 0 heterocycles. The van der Waals surface area contributed by atoms with Crippen LogP contribution in [0.25, 0.3) is 0 Å². The van der Waals surface area contributed by atoms with Crippen molar-refractivity contribution in [3.8, 4) is 0 Å². The summed E-state index contributed by atoms with van der Waals surface area (Å²) in [5.74, 6) is 1.93. The molecule has 3 saturated carbocycles. The van der Waals surface area contributed by atoms with Crippen molar-refractivity contribution in [1.29, 1.82) is 0 Å². The van der Waals surface area contributed by atoms with Gasteiger partial charge in [0.25, 0.3) is 0 Å². The third kappa shape index (κ3) is 1.72. The van der Waals surface area contributed by atoms with Crippen LogP contribution in [0, 0.1) is 23.2 Å². The van der Waals surface area contributed by atoms with Gasteiger partial charge in [-0.05, 0) is 67.6 Å². The highest BCUT2D eigenvalue weighted by Crippen LogP contribution is 2.62. The zero-order valence-corrected chi connectivity index (χ0v) is 13.2. The average molecular weight is 305 g/mol. The van der Waals surface area contributed by atoms with Gasteiger partial charge in [-0.3, -0.25) is 9.59 Å². The van der Waals surface area contributed by atoms with Crippen LogP contribution < -0.4 is 0 Å². The van der Waals surface area contributed by atoms with Crippen LogP contribution in [-0.2, 0) is 9.59 Å². The lowest BCUT2D eigenvalue weighted by Gasteiger charge is -2.54. The largest absolute Gasteiger partial charge is 0.299 e. The van der Waals surface area contributed by atoms with Gasteiger partial charge in [-0.1, -0.05) is 13.0 Å². The van der Waals surface area contributed by atoms with E-state index in [9.17, 15) is 9.59 Å². The van der Waals surface area contributed by atoms with Gasteiger partial charge in [-0.15, -0.1) is 11.6 Å². The van der Waals surface area contributed by atoms with Crippen LogP contribution in [0.4, 0.5) is 0 Å². The SMILES string of the molecule is C[C@]12CC[C@H]3[C@@H](CCC4=CC(=O)C=C[C@@]43Cl)[C@@H]1CCC2=O. The summed E-state index contributed by atoms with van der Waals surface area (Å²) in [6, 6.07) is 0. The summed E-state index contributed by atoms with van der Waals surface area (Å²) in [7, 11) is 0. The van der Waals surface area contributed by atoms with E-state index in [1.807, 2.05) is 6.08 Å². The molecule has 0 radical (unpaired) electrons. The molecule has 0 amide bonds. The maximum atomic E-state index is 12.3. The topological polar surface area (TPSA) is 34.1 Å². The van der Waals surface area contributed by atoms with Crippen molar-refractivity contribution < 1.29 is 9.59 Å². The fourth-order valence-corrected chi connectivity index (χ4v) is 6.05. The lowest BCUT2D eigenvalue weighted by atomic mass is 9.52. The highest BCUT2D eigenvalue weighted by atomic mass is 35.5. The van der Waals surface area contributed by atoms with Crippen LogP contribution in [0.15, 0.2) is 23.8 Å². The van der Waals surface area contributed by atoms with Crippen molar-refractivity contribution in [2.24, 2.45) is 23.2 Å². The Kier molecular flexibility index (Phi) is 2.83. The van der Waals surface area contributed by atoms with E-state index in [0.717, 1.165) is 44.1 Å². The molecule has 4 aliphatic rings. The Labute approximate surface area is 130 Å². The van der Waals surface area contributed by atoms with Crippen LogP contribution >= 0.6 is 11.6 Å². The number of hydrogen-bond donors (Lipinski definition) is 0. The van der Waals surface area contributed by atoms with E-state index in [2.05, 4.69) is 6.92 Å². The summed E-state index contributed by atoms with van der Waals surface area (Å²) in [5.41, 5.74) is 0.995. The fraction of sp³-hybridized carbons (Fsp3) is 0.667. The standard InChI is InChI=1S/C18H21ClO2/c1-17-8-7-15-13(14(17)4-5-16(17)21)3-2-11-10-12(20)6-9-18(11,15)19/h6,9-10,13-15H,2-5,7-8H2,1H3/t13-,14-,15-,17-,18+/m0/s1. The quantitative estimate of drug-likeness (QED) is 0.637. The van der Waals surface area contributed by atoms with Gasteiger partial charge in [0.1, 0.15) is 5.78 Å². The van der Waals surface area contributed by atoms with E-state index < -0.39 is 4.87 Å². The minimum Gasteiger partial charge on any atom is -0.299 e. The van der Waals surface area contributed by atoms with Crippen molar-refractivity contribution in [1.82, 2.24) is 0 Å². The maximum absolute atomic E-state index is 12.3. The Balaban J connectivity index is 1.72. The van der Waals surface area contributed by atoms with Crippen LogP contribution in [0.5, 0.6) is 0 Å². The predicted octanol–water partition coefficient (Wildman–Crippen LogP) is 3.83. The fourth-order valence-electron chi connectivity index (χ4n) is 5.57. The van der Waals surface area contributed by atoms with Gasteiger partial charge in [0.05, 0.1) is 4.87 Å². The molecule has 0 aromatic rings. The molecule has 0 aromatic heterocycles. The van der Waals surface area contributed by atoms with Gasteiger partial charge >= 0.3 is 0 Å². The van der Waals surface area contributed by atoms with Crippen molar-refractivity contribution in [2.75, 3.05) is 0 Å². The third-order valence-corrected chi connectivity index (χ3v) is 7.38. The van der Waals surface area contributed by atoms with Gasteiger partial charge < -0.3 is 0 Å². The zero-order chi connectivity index (χ0) is 14.8. The number of rotatable bonds is 0. The molecule has 0 aliphatic heterocycles. The molecule has 2 nitrogen and oxygen atoms in total. The molecule has 21 heavy (non-hydrogen) atoms. The number of Topliss-reactive ketones (excluding diaryl/α,β-unsaturated/α-hetero) is 1. The first kappa shape index (κ1) is 13.8. The molecule has 0 unspecified atom stereocenters. The molecule has 0 saturated heterocycles. The van der Waals surface area contributed by atoms with E-state index in [1.54, 1.807) is 12.2 Å². The summed E-state index contributed by atoms with van der Waals surface area (Å²) in [6.07, 6.45) is 11.0. The van der Waals surface area contributed by atoms with Crippen LogP contribution in [0.3, 0.4) is 0 Å². The number of halogens is 1. The van der Waals surface area contributed by atoms with E-state index in [1.165, 1.54) is 0 Å². The number of hydrogen-bond acceptors (Lipinski definition) is 2. The first-order chi connectivity index (χ1) is 9.95. The Bertz CT molecular complexity index is 590. The minimum absolute atomic E-state index is 0.0661. The Hall–Kier alpha value is -0.890. The molecule has 3 heteroatoms. The molecule has 3 fully saturated rings. The number of carbonyl (C=O) groups excluding carboxylic acids is 2. The van der Waals surface area contributed by atoms with Gasteiger partial charge in [0, 0.05) is 11.8 Å². The highest BCUT2D eigenvalue weighted by Gasteiger charge is 2.59. The van der Waals surface area contributed by atoms with Crippen molar-refractivity contribution in [3.63, 3.8) is 0 Å². The van der Waals surface area contributed by atoms with Crippen LogP contribution in [0.1, 0.15) is 45.4 Å². The predicted molar refractivity (Wildman–Crippen MR) is 82.1 cm³/mol. The van der Waals surface area contributed by atoms with Crippen molar-refractivity contribution in [2.45, 2.75) is 50.3 Å². The van der Waals surface area contributed by atoms with Gasteiger partial charge in [-0.2, -0.15) is 0 Å². The molecular weight excluding hydrogens is 284 g/mol. The number of fused-ring (bicyclic) bond motifs is 5. The van der Waals surface area contributed by atoms with Crippen molar-refractivity contribution >= 4 is 23.2 Å². The van der Waals surface area contributed by atoms with E-state index >= 15 is 0 Å². The third-order valence-electron chi connectivity index (χ3n) is 6.73.